The fourth-order valence-electron chi connectivity index (χ4n) is 4.17. The number of fused-ring (bicyclic) bond motifs is 2. The van der Waals surface area contributed by atoms with Gasteiger partial charge in [0.2, 0.25) is 0 Å². The highest BCUT2D eigenvalue weighted by Crippen LogP contribution is 2.65. The van der Waals surface area contributed by atoms with Crippen LogP contribution in [-0.4, -0.2) is 43.5 Å². The Hall–Kier alpha value is -0.810. The zero-order valence-corrected chi connectivity index (χ0v) is 13.6. The fraction of sp³-hybridized carbons (Fsp3) is 0.938. The third-order valence-corrected chi connectivity index (χ3v) is 6.09. The van der Waals surface area contributed by atoms with E-state index in [9.17, 15) is 4.79 Å². The number of aliphatic hydroxyl groups is 1. The molecule has 0 radical (unpaired) electrons. The summed E-state index contributed by atoms with van der Waals surface area (Å²) in [4.78, 5) is 12.0. The number of ether oxygens (including phenoxy) is 1. The van der Waals surface area contributed by atoms with Crippen molar-refractivity contribution in [2.24, 2.45) is 16.7 Å². The normalized spacial score (nSPS) is 33.1. The molecule has 5 nitrogen and oxygen atoms in total. The van der Waals surface area contributed by atoms with Crippen LogP contribution in [-0.2, 0) is 4.74 Å². The van der Waals surface area contributed by atoms with Crippen molar-refractivity contribution >= 4 is 6.03 Å². The average molecular weight is 298 g/mol. The molecule has 3 unspecified atom stereocenters. The summed E-state index contributed by atoms with van der Waals surface area (Å²) < 4.78 is 5.16. The molecule has 0 aliphatic heterocycles. The molecule has 3 atom stereocenters. The molecular weight excluding hydrogens is 268 g/mol. The second-order valence-electron chi connectivity index (χ2n) is 7.25. The molecule has 0 aromatic carbocycles. The quantitative estimate of drug-likeness (QED) is 0.629. The van der Waals surface area contributed by atoms with Crippen LogP contribution in [0, 0.1) is 16.7 Å². The molecule has 3 N–H and O–H groups in total. The van der Waals surface area contributed by atoms with Crippen LogP contribution in [0.5, 0.6) is 0 Å². The van der Waals surface area contributed by atoms with Gasteiger partial charge in [-0.2, -0.15) is 0 Å². The van der Waals surface area contributed by atoms with Gasteiger partial charge in [-0.25, -0.2) is 4.79 Å². The van der Waals surface area contributed by atoms with Gasteiger partial charge in [0.1, 0.15) is 0 Å². The Morgan fingerprint density at radius 3 is 2.67 bits per heavy atom. The summed E-state index contributed by atoms with van der Waals surface area (Å²) in [6.45, 7) is 8.61. The second kappa shape index (κ2) is 6.53. The number of carbonyl (C=O) groups is 1. The lowest BCUT2D eigenvalue weighted by molar-refractivity contribution is 0.0908. The molecular formula is C16H30N2O3. The number of hydrogen-bond acceptors (Lipinski definition) is 3. The summed E-state index contributed by atoms with van der Waals surface area (Å²) in [6.07, 6.45) is 4.39. The molecule has 0 saturated heterocycles. The molecule has 2 amide bonds. The zero-order chi connectivity index (χ0) is 15.5. The molecule has 2 rings (SSSR count). The van der Waals surface area contributed by atoms with E-state index in [-0.39, 0.29) is 24.1 Å². The van der Waals surface area contributed by atoms with Gasteiger partial charge in [0.15, 0.2) is 0 Å². The maximum absolute atomic E-state index is 12.0. The summed E-state index contributed by atoms with van der Waals surface area (Å²) in [5.74, 6) is 0.736. The summed E-state index contributed by atoms with van der Waals surface area (Å²) in [5, 5.41) is 14.7. The minimum Gasteiger partial charge on any atom is -0.394 e. The van der Waals surface area contributed by atoms with Crippen LogP contribution in [0.2, 0.25) is 0 Å². The minimum atomic E-state index is -0.0632. The summed E-state index contributed by atoms with van der Waals surface area (Å²) in [5.41, 5.74) is 0.544. The van der Waals surface area contributed by atoms with E-state index in [1.165, 1.54) is 12.8 Å². The van der Waals surface area contributed by atoms with Gasteiger partial charge >= 0.3 is 6.03 Å². The highest BCUT2D eigenvalue weighted by molar-refractivity contribution is 5.74. The van der Waals surface area contributed by atoms with Gasteiger partial charge < -0.3 is 20.5 Å². The first-order valence-electron chi connectivity index (χ1n) is 8.15. The molecule has 21 heavy (non-hydrogen) atoms. The lowest BCUT2D eigenvalue weighted by Gasteiger charge is -2.39. The van der Waals surface area contributed by atoms with Crippen LogP contribution in [0.1, 0.15) is 46.5 Å². The first kappa shape index (κ1) is 16.6. The predicted octanol–water partition coefficient (Wildman–Crippen LogP) is 1.90. The van der Waals surface area contributed by atoms with Crippen LogP contribution < -0.4 is 10.6 Å². The van der Waals surface area contributed by atoms with Gasteiger partial charge in [-0.05, 0) is 42.4 Å². The van der Waals surface area contributed by atoms with Crippen molar-refractivity contribution in [3.05, 3.63) is 0 Å². The van der Waals surface area contributed by atoms with E-state index in [4.69, 9.17) is 9.84 Å². The molecule has 2 saturated carbocycles. The molecule has 2 bridgehead atoms. The van der Waals surface area contributed by atoms with E-state index in [1.807, 2.05) is 0 Å². The summed E-state index contributed by atoms with van der Waals surface area (Å²) in [6, 6.07) is 0.226. The predicted molar refractivity (Wildman–Crippen MR) is 82.1 cm³/mol. The first-order valence-corrected chi connectivity index (χ1v) is 8.15. The van der Waals surface area contributed by atoms with Gasteiger partial charge in [0, 0.05) is 19.2 Å². The maximum Gasteiger partial charge on any atom is 0.315 e. The molecule has 0 aromatic heterocycles. The molecule has 2 aliphatic carbocycles. The van der Waals surface area contributed by atoms with Crippen molar-refractivity contribution in [3.8, 4) is 0 Å². The van der Waals surface area contributed by atoms with Gasteiger partial charge in [-0.3, -0.25) is 0 Å². The van der Waals surface area contributed by atoms with E-state index < -0.39 is 0 Å². The van der Waals surface area contributed by atoms with Crippen molar-refractivity contribution in [1.29, 1.82) is 0 Å². The lowest BCUT2D eigenvalue weighted by Crippen LogP contribution is -2.50. The van der Waals surface area contributed by atoms with Crippen LogP contribution in [0.15, 0.2) is 0 Å². The first-order chi connectivity index (χ1) is 9.91. The topological polar surface area (TPSA) is 70.6 Å². The van der Waals surface area contributed by atoms with Gasteiger partial charge in [0.05, 0.1) is 13.2 Å². The number of rotatable bonds is 7. The Balaban J connectivity index is 1.70. The number of nitrogens with one attached hydrogen (secondary N) is 2. The van der Waals surface area contributed by atoms with Crippen molar-refractivity contribution < 1.29 is 14.6 Å². The van der Waals surface area contributed by atoms with E-state index in [0.717, 1.165) is 18.8 Å². The fourth-order valence-corrected chi connectivity index (χ4v) is 4.17. The monoisotopic (exact) mass is 298 g/mol. The standard InChI is InChI=1S/C16H30N2O3/c1-15(2)12-5-6-16(15,3)13(11-12)18-14(20)17-7-4-9-21-10-8-19/h12-13,19H,4-11H2,1-3H3,(H2,17,18,20). The summed E-state index contributed by atoms with van der Waals surface area (Å²) >= 11 is 0. The Morgan fingerprint density at radius 2 is 2.10 bits per heavy atom. The SMILES string of the molecule is CC1(C)C2CCC1(C)C(NC(=O)NCCCOCCO)C2. The van der Waals surface area contributed by atoms with E-state index in [0.29, 0.717) is 25.2 Å². The third kappa shape index (κ3) is 3.19. The number of aliphatic hydroxyl groups excluding tert-OH is 1. The van der Waals surface area contributed by atoms with Crippen molar-refractivity contribution in [2.75, 3.05) is 26.4 Å². The second-order valence-corrected chi connectivity index (χ2v) is 7.25. The van der Waals surface area contributed by atoms with Crippen molar-refractivity contribution in [3.63, 3.8) is 0 Å². The largest absolute Gasteiger partial charge is 0.394 e. The number of amides is 2. The minimum absolute atomic E-state index is 0.0468. The molecule has 2 fully saturated rings. The highest BCUT2D eigenvalue weighted by Gasteiger charge is 2.61. The molecule has 0 heterocycles. The van der Waals surface area contributed by atoms with Crippen molar-refractivity contribution in [1.82, 2.24) is 10.6 Å². The lowest BCUT2D eigenvalue weighted by atomic mass is 9.69. The maximum atomic E-state index is 12.0. The molecule has 5 heteroatoms. The zero-order valence-electron chi connectivity index (χ0n) is 13.6. The van der Waals surface area contributed by atoms with Crippen LogP contribution in [0.4, 0.5) is 4.79 Å². The van der Waals surface area contributed by atoms with Crippen LogP contribution in [0.25, 0.3) is 0 Å². The highest BCUT2D eigenvalue weighted by atomic mass is 16.5. The van der Waals surface area contributed by atoms with Crippen LogP contribution >= 0.6 is 0 Å². The Kier molecular flexibility index (Phi) is 5.15. The van der Waals surface area contributed by atoms with Crippen LogP contribution in [0.3, 0.4) is 0 Å². The van der Waals surface area contributed by atoms with E-state index in [2.05, 4.69) is 31.4 Å². The smallest absolute Gasteiger partial charge is 0.315 e. The molecule has 122 valence electrons. The third-order valence-electron chi connectivity index (χ3n) is 6.09. The van der Waals surface area contributed by atoms with E-state index >= 15 is 0 Å². The molecule has 0 aromatic rings. The Labute approximate surface area is 127 Å². The van der Waals surface area contributed by atoms with Gasteiger partial charge in [0.25, 0.3) is 0 Å². The Morgan fingerprint density at radius 1 is 1.33 bits per heavy atom. The van der Waals surface area contributed by atoms with E-state index in [1.54, 1.807) is 0 Å². The number of urea groups is 1. The van der Waals surface area contributed by atoms with Gasteiger partial charge in [-0.1, -0.05) is 20.8 Å². The number of carbonyl (C=O) groups excluding carboxylic acids is 1. The molecule has 0 spiro atoms. The Bertz CT molecular complexity index is 373. The number of hydrogen-bond donors (Lipinski definition) is 3. The molecule has 2 aliphatic rings. The average Bonchev–Trinajstić information content (AvgIpc) is 2.76. The summed E-state index contributed by atoms with van der Waals surface area (Å²) in [7, 11) is 0. The van der Waals surface area contributed by atoms with Crippen molar-refractivity contribution in [2.45, 2.75) is 52.5 Å². The van der Waals surface area contributed by atoms with Gasteiger partial charge in [-0.15, -0.1) is 0 Å².